The standard InChI is InChI=1S/C4H4O4/c5-3(6)1-2-4(7)8/h1-2H,(H,5,6)(H,7,8)/b2-1+/i1+1,3+1. The molecule has 0 aromatic rings. The molecule has 0 radical (unpaired) electrons. The summed E-state index contributed by atoms with van der Waals surface area (Å²) in [7, 11) is 0. The number of rotatable bonds is 2. The van der Waals surface area contributed by atoms with E-state index in [0.29, 0.717) is 12.2 Å². The van der Waals surface area contributed by atoms with E-state index in [0.717, 1.165) is 0 Å². The highest BCUT2D eigenvalue weighted by molar-refractivity contribution is 5.89. The van der Waals surface area contributed by atoms with Gasteiger partial charge in [0.1, 0.15) is 0 Å². The Bertz CT molecular complexity index is 119. The number of hydrogen-bond acceptors (Lipinski definition) is 2. The molecule has 4 heteroatoms. The summed E-state index contributed by atoms with van der Waals surface area (Å²) < 4.78 is 0. The van der Waals surface area contributed by atoms with E-state index in [-0.39, 0.29) is 0 Å². The molecule has 0 atom stereocenters. The van der Waals surface area contributed by atoms with Gasteiger partial charge in [0, 0.05) is 12.2 Å². The smallest absolute Gasteiger partial charge is 0.328 e. The average molecular weight is 118 g/mol. The van der Waals surface area contributed by atoms with E-state index in [1.807, 2.05) is 0 Å². The van der Waals surface area contributed by atoms with Crippen LogP contribution in [-0.4, -0.2) is 22.2 Å². The van der Waals surface area contributed by atoms with Crippen LogP contribution < -0.4 is 0 Å². The normalized spacial score (nSPS) is 9.50. The van der Waals surface area contributed by atoms with Gasteiger partial charge in [-0.05, 0) is 0 Å². The summed E-state index contributed by atoms with van der Waals surface area (Å²) in [6.45, 7) is 0. The lowest BCUT2D eigenvalue weighted by Crippen LogP contribution is -1.91. The lowest BCUT2D eigenvalue weighted by Gasteiger charge is -1.74. The molecule has 0 aromatic carbocycles. The first-order valence-corrected chi connectivity index (χ1v) is 1.77. The monoisotopic (exact) mass is 118 g/mol. The number of carboxylic acid groups (broad SMARTS) is 2. The molecule has 8 heavy (non-hydrogen) atoms. The predicted molar refractivity (Wildman–Crippen MR) is 24.4 cm³/mol. The third-order valence-corrected chi connectivity index (χ3v) is 0.368. The largest absolute Gasteiger partial charge is 0.478 e. The van der Waals surface area contributed by atoms with Crippen LogP contribution in [0.15, 0.2) is 12.2 Å². The predicted octanol–water partition coefficient (Wildman–Crippen LogP) is -0.288. The van der Waals surface area contributed by atoms with Gasteiger partial charge in [-0.3, -0.25) is 0 Å². The van der Waals surface area contributed by atoms with Gasteiger partial charge in [-0.25, -0.2) is 9.59 Å². The van der Waals surface area contributed by atoms with Gasteiger partial charge < -0.3 is 10.2 Å². The van der Waals surface area contributed by atoms with E-state index < -0.39 is 11.9 Å². The van der Waals surface area contributed by atoms with Gasteiger partial charge in [-0.15, -0.1) is 0 Å². The molecule has 44 valence electrons. The lowest BCUT2D eigenvalue weighted by atomic mass is 10.7. The Balaban J connectivity index is 3.67. The number of carboxylic acids is 2. The van der Waals surface area contributed by atoms with Crippen molar-refractivity contribution in [3.63, 3.8) is 0 Å². The second-order valence-corrected chi connectivity index (χ2v) is 1.01. The molecule has 0 aliphatic rings. The fourth-order valence-corrected chi connectivity index (χ4v) is 0.143. The molecule has 0 amide bonds. The van der Waals surface area contributed by atoms with Crippen LogP contribution in [0.5, 0.6) is 0 Å². The molecule has 0 bridgehead atoms. The van der Waals surface area contributed by atoms with Crippen molar-refractivity contribution >= 4 is 11.9 Å². The molecule has 0 spiro atoms. The highest BCUT2D eigenvalue weighted by Gasteiger charge is 1.88. The van der Waals surface area contributed by atoms with Gasteiger partial charge in [-0.1, -0.05) is 0 Å². The first kappa shape index (κ1) is 6.68. The van der Waals surface area contributed by atoms with E-state index in [2.05, 4.69) is 0 Å². The number of aliphatic carboxylic acids is 2. The van der Waals surface area contributed by atoms with Crippen molar-refractivity contribution < 1.29 is 19.8 Å². The molecule has 0 saturated carbocycles. The third-order valence-electron chi connectivity index (χ3n) is 0.368. The molecule has 0 unspecified atom stereocenters. The number of hydrogen-bond donors (Lipinski definition) is 2. The van der Waals surface area contributed by atoms with Crippen molar-refractivity contribution in [3.05, 3.63) is 12.2 Å². The fraction of sp³-hybridized carbons (Fsp3) is 0. The van der Waals surface area contributed by atoms with Crippen molar-refractivity contribution in [2.75, 3.05) is 0 Å². The maximum absolute atomic E-state index is 9.55. The second-order valence-electron chi connectivity index (χ2n) is 1.01. The Labute approximate surface area is 45.1 Å². The maximum Gasteiger partial charge on any atom is 0.328 e. The third kappa shape index (κ3) is 4.68. The van der Waals surface area contributed by atoms with E-state index in [9.17, 15) is 9.59 Å². The molecule has 0 aromatic heterocycles. The summed E-state index contributed by atoms with van der Waals surface area (Å²) in [5, 5.41) is 15.6. The molecular formula is C4H4O4. The molecule has 4 nitrogen and oxygen atoms in total. The first-order valence-electron chi connectivity index (χ1n) is 1.77. The molecular weight excluding hydrogens is 114 g/mol. The van der Waals surface area contributed by atoms with Crippen LogP contribution in [0.4, 0.5) is 0 Å². The Morgan fingerprint density at radius 2 is 1.25 bits per heavy atom. The van der Waals surface area contributed by atoms with E-state index >= 15 is 0 Å². The minimum absolute atomic E-state index is 0.558. The number of carbonyl (C=O) groups is 2. The highest BCUT2D eigenvalue weighted by Crippen LogP contribution is 1.70. The van der Waals surface area contributed by atoms with Gasteiger partial charge in [-0.2, -0.15) is 0 Å². The summed E-state index contributed by atoms with van der Waals surface area (Å²) in [6.07, 6.45) is 1.12. The van der Waals surface area contributed by atoms with Crippen LogP contribution in [0, 0.1) is 0 Å². The average Bonchev–Trinajstić information content (AvgIpc) is 1.61. The van der Waals surface area contributed by atoms with Crippen LogP contribution >= 0.6 is 0 Å². The van der Waals surface area contributed by atoms with Gasteiger partial charge in [0.2, 0.25) is 0 Å². The minimum Gasteiger partial charge on any atom is -0.478 e. The highest BCUT2D eigenvalue weighted by atomic mass is 16.5. The van der Waals surface area contributed by atoms with Gasteiger partial charge in [0.05, 0.1) is 0 Å². The Morgan fingerprint density at radius 1 is 1.00 bits per heavy atom. The van der Waals surface area contributed by atoms with Crippen molar-refractivity contribution in [3.8, 4) is 0 Å². The molecule has 0 aliphatic carbocycles. The van der Waals surface area contributed by atoms with Crippen LogP contribution in [0.2, 0.25) is 0 Å². The van der Waals surface area contributed by atoms with Gasteiger partial charge in [0.25, 0.3) is 0 Å². The van der Waals surface area contributed by atoms with Crippen LogP contribution in [0.25, 0.3) is 0 Å². The van der Waals surface area contributed by atoms with E-state index in [1.165, 1.54) is 0 Å². The van der Waals surface area contributed by atoms with Crippen LogP contribution in [0.1, 0.15) is 0 Å². The molecule has 0 heterocycles. The van der Waals surface area contributed by atoms with Crippen molar-refractivity contribution in [2.24, 2.45) is 0 Å². The zero-order valence-electron chi connectivity index (χ0n) is 3.87. The Hall–Kier alpha value is -1.32. The summed E-state index contributed by atoms with van der Waals surface area (Å²) in [5.74, 6) is -2.51. The van der Waals surface area contributed by atoms with Crippen LogP contribution in [-0.2, 0) is 9.59 Å². The Kier molecular flexibility index (Phi) is 2.33. The molecule has 2 N–H and O–H groups in total. The van der Waals surface area contributed by atoms with Gasteiger partial charge >= 0.3 is 11.9 Å². The van der Waals surface area contributed by atoms with Crippen molar-refractivity contribution in [1.82, 2.24) is 0 Å². The summed E-state index contributed by atoms with van der Waals surface area (Å²) in [6, 6.07) is 0. The molecule has 0 aliphatic heterocycles. The van der Waals surface area contributed by atoms with E-state index in [1.54, 1.807) is 0 Å². The summed E-state index contributed by atoms with van der Waals surface area (Å²) in [4.78, 5) is 19.1. The summed E-state index contributed by atoms with van der Waals surface area (Å²) in [5.41, 5.74) is 0. The minimum atomic E-state index is -1.26. The zero-order valence-corrected chi connectivity index (χ0v) is 3.87. The van der Waals surface area contributed by atoms with Crippen molar-refractivity contribution in [1.29, 1.82) is 0 Å². The maximum atomic E-state index is 9.55. The molecule has 0 saturated heterocycles. The first-order chi connectivity index (χ1) is 3.63. The van der Waals surface area contributed by atoms with Crippen molar-refractivity contribution in [2.45, 2.75) is 0 Å². The second kappa shape index (κ2) is 2.79. The topological polar surface area (TPSA) is 74.6 Å². The SMILES string of the molecule is O=C(O)/C=[13CH]/[13C](=O)O. The molecule has 0 rings (SSSR count). The van der Waals surface area contributed by atoms with Gasteiger partial charge in [0.15, 0.2) is 0 Å². The molecule has 0 fully saturated rings. The quantitative estimate of drug-likeness (QED) is 0.386. The zero-order chi connectivity index (χ0) is 6.57. The van der Waals surface area contributed by atoms with Crippen LogP contribution in [0.3, 0.4) is 0 Å². The lowest BCUT2D eigenvalue weighted by molar-refractivity contribution is -0.134. The van der Waals surface area contributed by atoms with E-state index in [4.69, 9.17) is 10.2 Å². The summed E-state index contributed by atoms with van der Waals surface area (Å²) >= 11 is 0. The Morgan fingerprint density at radius 3 is 1.38 bits per heavy atom. The fourth-order valence-electron chi connectivity index (χ4n) is 0.143.